The summed E-state index contributed by atoms with van der Waals surface area (Å²) in [7, 11) is -4.76. The number of carboxylic acids is 1. The van der Waals surface area contributed by atoms with E-state index in [9.17, 15) is 55.8 Å². The molecule has 14 nitrogen and oxygen atoms in total. The van der Waals surface area contributed by atoms with Gasteiger partial charge in [0.2, 0.25) is 33.7 Å². The molecule has 0 aliphatic carbocycles. The fourth-order valence-electron chi connectivity index (χ4n) is 3.46. The van der Waals surface area contributed by atoms with Crippen LogP contribution in [0.4, 0.5) is 13.2 Å². The fourth-order valence-corrected chi connectivity index (χ4v) is 4.94. The van der Waals surface area contributed by atoms with Crippen LogP contribution in [-0.4, -0.2) is 86.1 Å². The molecule has 4 amide bonds. The van der Waals surface area contributed by atoms with Crippen molar-refractivity contribution in [2.45, 2.75) is 62.8 Å². The van der Waals surface area contributed by atoms with E-state index < -0.39 is 106 Å². The minimum atomic E-state index is -4.97. The number of rotatable bonds is 16. The van der Waals surface area contributed by atoms with Gasteiger partial charge in [0, 0.05) is 13.5 Å². The third kappa shape index (κ3) is 12.0. The number of hydrogen-bond donors (Lipinski definition) is 7. The maximum absolute atomic E-state index is 13.1. The Morgan fingerprint density at radius 1 is 1.02 bits per heavy atom. The Morgan fingerprint density at radius 3 is 2.16 bits per heavy atom. The predicted octanol–water partition coefficient (Wildman–Crippen LogP) is -0.259. The normalized spacial score (nSPS) is 14.5. The van der Waals surface area contributed by atoms with Gasteiger partial charge in [0.25, 0.3) is 0 Å². The summed E-state index contributed by atoms with van der Waals surface area (Å²) >= 11 is 5.48. The Kier molecular flexibility index (Phi) is 14.3. The van der Waals surface area contributed by atoms with Crippen molar-refractivity contribution >= 4 is 51.2 Å². The second kappa shape index (κ2) is 16.4. The van der Waals surface area contributed by atoms with Crippen molar-refractivity contribution < 1.29 is 55.8 Å². The average molecular weight is 660 g/mol. The second-order valence-corrected chi connectivity index (χ2v) is 11.4. The van der Waals surface area contributed by atoms with Crippen molar-refractivity contribution in [3.63, 3.8) is 0 Å². The summed E-state index contributed by atoms with van der Waals surface area (Å²) in [6.45, 7) is 2.72. The molecule has 1 aromatic rings. The van der Waals surface area contributed by atoms with Gasteiger partial charge in [0.1, 0.15) is 18.1 Å². The van der Waals surface area contributed by atoms with Gasteiger partial charge in [-0.2, -0.15) is 17.9 Å². The van der Waals surface area contributed by atoms with Gasteiger partial charge in [0.15, 0.2) is 0 Å². The molecule has 19 heteroatoms. The number of halogens is 4. The van der Waals surface area contributed by atoms with Crippen LogP contribution in [0, 0.1) is 5.92 Å². The largest absolute Gasteiger partial charge is 0.480 e. The maximum atomic E-state index is 13.1. The quantitative estimate of drug-likeness (QED) is 0.124. The van der Waals surface area contributed by atoms with Crippen LogP contribution in [-0.2, 0) is 40.2 Å². The molecular formula is C24H33ClF3N5O9S. The molecule has 0 aliphatic rings. The highest BCUT2D eigenvalue weighted by Gasteiger charge is 2.35. The van der Waals surface area contributed by atoms with E-state index in [0.29, 0.717) is 12.5 Å². The van der Waals surface area contributed by atoms with E-state index in [1.165, 1.54) is 6.92 Å². The topological polar surface area (TPSA) is 220 Å². The van der Waals surface area contributed by atoms with Gasteiger partial charge in [0.05, 0.1) is 28.6 Å². The van der Waals surface area contributed by atoms with Gasteiger partial charge in [-0.1, -0.05) is 31.9 Å². The predicted molar refractivity (Wildman–Crippen MR) is 145 cm³/mol. The molecule has 0 aromatic heterocycles. The number of sulfonamides is 1. The van der Waals surface area contributed by atoms with Crippen molar-refractivity contribution in [1.82, 2.24) is 26.0 Å². The van der Waals surface area contributed by atoms with Crippen molar-refractivity contribution in [2.24, 2.45) is 5.92 Å². The highest BCUT2D eigenvalue weighted by atomic mass is 35.5. The van der Waals surface area contributed by atoms with Gasteiger partial charge in [-0.05, 0) is 30.5 Å². The summed E-state index contributed by atoms with van der Waals surface area (Å²) in [6, 6.07) is -2.61. The molecule has 0 saturated heterocycles. The summed E-state index contributed by atoms with van der Waals surface area (Å²) in [5.41, 5.74) is -1.44. The molecule has 0 heterocycles. The van der Waals surface area contributed by atoms with Crippen molar-refractivity contribution in [2.75, 3.05) is 19.7 Å². The molecule has 0 spiro atoms. The SMILES string of the molecule is CC[C@H](C)[C@H](NC(C)=O)C(=O)N[C@@H](CO)C(=O)NCC(=O)NCC[C@H](NS(=O)(=O)c1ccc(Cl)c(C(F)(F)F)c1)C(=O)O. The van der Waals surface area contributed by atoms with Crippen LogP contribution < -0.4 is 26.0 Å². The minimum absolute atomic E-state index is 0.250. The summed E-state index contributed by atoms with van der Waals surface area (Å²) in [4.78, 5) is 59.2. The maximum Gasteiger partial charge on any atom is 0.417 e. The number of aliphatic hydroxyl groups excluding tert-OH is 1. The van der Waals surface area contributed by atoms with Crippen LogP contribution in [0.3, 0.4) is 0 Å². The summed E-state index contributed by atoms with van der Waals surface area (Å²) in [5, 5.41) is 27.3. The third-order valence-corrected chi connectivity index (χ3v) is 7.80. The number of carbonyl (C=O) groups is 5. The van der Waals surface area contributed by atoms with E-state index in [1.54, 1.807) is 18.6 Å². The van der Waals surface area contributed by atoms with Crippen LogP contribution in [0.5, 0.6) is 0 Å². The molecule has 0 radical (unpaired) electrons. The van der Waals surface area contributed by atoms with E-state index in [0.717, 1.165) is 6.07 Å². The zero-order valence-corrected chi connectivity index (χ0v) is 24.8. The Morgan fingerprint density at radius 2 is 1.65 bits per heavy atom. The molecule has 0 fully saturated rings. The summed E-state index contributed by atoms with van der Waals surface area (Å²) in [5.74, 6) is -5.02. The molecular weight excluding hydrogens is 627 g/mol. The highest BCUT2D eigenvalue weighted by Crippen LogP contribution is 2.35. The molecule has 0 unspecified atom stereocenters. The van der Waals surface area contributed by atoms with Crippen LogP contribution in [0.25, 0.3) is 0 Å². The Bertz CT molecular complexity index is 1300. The van der Waals surface area contributed by atoms with Gasteiger partial charge in [-0.25, -0.2) is 8.42 Å². The lowest BCUT2D eigenvalue weighted by Crippen LogP contribution is -2.57. The van der Waals surface area contributed by atoms with Gasteiger partial charge >= 0.3 is 12.1 Å². The molecule has 242 valence electrons. The van der Waals surface area contributed by atoms with Gasteiger partial charge in [-0.3, -0.25) is 24.0 Å². The molecule has 43 heavy (non-hydrogen) atoms. The lowest BCUT2D eigenvalue weighted by molar-refractivity contribution is -0.139. The number of hydrogen-bond acceptors (Lipinski definition) is 8. The first kappa shape index (κ1) is 37.5. The van der Waals surface area contributed by atoms with Crippen LogP contribution in [0.1, 0.15) is 39.2 Å². The van der Waals surface area contributed by atoms with Gasteiger partial charge in [-0.15, -0.1) is 0 Å². The van der Waals surface area contributed by atoms with Crippen LogP contribution in [0.15, 0.2) is 23.1 Å². The number of aliphatic carboxylic acids is 1. The lowest BCUT2D eigenvalue weighted by atomic mass is 9.98. The summed E-state index contributed by atoms with van der Waals surface area (Å²) < 4.78 is 66.1. The third-order valence-electron chi connectivity index (χ3n) is 6.00. The number of alkyl halides is 3. The van der Waals surface area contributed by atoms with Crippen LogP contribution >= 0.6 is 11.6 Å². The molecule has 0 bridgehead atoms. The number of aliphatic hydroxyl groups is 1. The minimum Gasteiger partial charge on any atom is -0.480 e. The molecule has 1 aromatic carbocycles. The molecule has 0 saturated carbocycles. The van der Waals surface area contributed by atoms with Crippen LogP contribution in [0.2, 0.25) is 5.02 Å². The average Bonchev–Trinajstić information content (AvgIpc) is 2.91. The first-order valence-corrected chi connectivity index (χ1v) is 14.5. The molecule has 7 N–H and O–H groups in total. The van der Waals surface area contributed by atoms with Crippen molar-refractivity contribution in [3.05, 3.63) is 28.8 Å². The number of amides is 4. The van der Waals surface area contributed by atoms with E-state index in [2.05, 4.69) is 21.3 Å². The first-order valence-electron chi connectivity index (χ1n) is 12.7. The highest BCUT2D eigenvalue weighted by molar-refractivity contribution is 7.89. The van der Waals surface area contributed by atoms with E-state index >= 15 is 0 Å². The molecule has 4 atom stereocenters. The van der Waals surface area contributed by atoms with Crippen molar-refractivity contribution in [3.8, 4) is 0 Å². The second-order valence-electron chi connectivity index (χ2n) is 9.32. The van der Waals surface area contributed by atoms with E-state index in [1.807, 2.05) is 0 Å². The fraction of sp³-hybridized carbons (Fsp3) is 0.542. The standard InChI is InChI=1S/C24H33ClF3N5O9S/c1-4-12(2)20(31-13(3)35)22(38)32-18(11-34)21(37)30-10-19(36)29-8-7-17(23(39)40)33-43(41,42)14-5-6-16(25)15(9-14)24(26,27)28/h5-6,9,12,17-18,20,33-34H,4,7-8,10-11H2,1-3H3,(H,29,36)(H,30,37)(H,31,35)(H,32,38)(H,39,40)/t12-,17-,18-,20-/m0/s1. The Balaban J connectivity index is 2.73. The van der Waals surface area contributed by atoms with Gasteiger partial charge < -0.3 is 31.5 Å². The summed E-state index contributed by atoms with van der Waals surface area (Å²) in [6.07, 6.45) is -5.00. The number of carbonyl (C=O) groups excluding carboxylic acids is 4. The molecule has 0 aliphatic heterocycles. The smallest absolute Gasteiger partial charge is 0.417 e. The number of nitrogens with one attached hydrogen (secondary N) is 5. The Hall–Kier alpha value is -3.48. The van der Waals surface area contributed by atoms with E-state index in [-0.39, 0.29) is 12.0 Å². The number of carboxylic acid groups (broad SMARTS) is 1. The van der Waals surface area contributed by atoms with Crippen molar-refractivity contribution in [1.29, 1.82) is 0 Å². The first-order chi connectivity index (χ1) is 19.8. The Labute approximate surface area is 250 Å². The lowest BCUT2D eigenvalue weighted by Gasteiger charge is -2.25. The van der Waals surface area contributed by atoms with E-state index in [4.69, 9.17) is 11.6 Å². The zero-order valence-electron chi connectivity index (χ0n) is 23.2. The number of benzene rings is 1. The zero-order chi connectivity index (χ0) is 33.1. The monoisotopic (exact) mass is 659 g/mol. The molecule has 1 rings (SSSR count).